The maximum atomic E-state index is 13.8. The summed E-state index contributed by atoms with van der Waals surface area (Å²) < 4.78 is 15.2. The largest absolute Gasteiger partial charge is 0.342 e. The van der Waals surface area contributed by atoms with Crippen LogP contribution in [0, 0.1) is 11.9 Å². The second kappa shape index (κ2) is 6.60. The standard InChI is InChI=1S/C13H10ClFNO.Y/c1-2-16-11(7-4-8-12(16)17)13-9(14)5-3-6-10(13)15;/h3-6,8H,2H2,1H3;/q-1;. The van der Waals surface area contributed by atoms with Crippen LogP contribution in [0.1, 0.15) is 6.92 Å². The molecule has 2 aromatic rings. The molecule has 0 fully saturated rings. The Labute approximate surface area is 135 Å². The number of nitrogens with zero attached hydrogens (tertiary/aromatic N) is 1. The normalized spacial score (nSPS) is 9.94. The topological polar surface area (TPSA) is 22.0 Å². The molecule has 1 aromatic carbocycles. The van der Waals surface area contributed by atoms with E-state index in [1.165, 1.54) is 28.8 Å². The van der Waals surface area contributed by atoms with Crippen molar-refractivity contribution in [3.05, 3.63) is 57.6 Å². The molecule has 0 unspecified atom stereocenters. The molecule has 0 saturated carbocycles. The number of halogens is 2. The third kappa shape index (κ3) is 2.90. The third-order valence-electron chi connectivity index (χ3n) is 2.50. The summed E-state index contributed by atoms with van der Waals surface area (Å²) in [5.74, 6) is -0.457. The average Bonchev–Trinajstić information content (AvgIpc) is 2.29. The van der Waals surface area contributed by atoms with Gasteiger partial charge < -0.3 is 4.57 Å². The molecule has 0 bridgehead atoms. The smallest absolute Gasteiger partial charge is 0.194 e. The molecule has 2 nitrogen and oxygen atoms in total. The molecule has 91 valence electrons. The molecular weight excluding hydrogens is 330 g/mol. The van der Waals surface area contributed by atoms with Crippen LogP contribution < -0.4 is 5.56 Å². The van der Waals surface area contributed by atoms with Crippen molar-refractivity contribution in [3.63, 3.8) is 0 Å². The summed E-state index contributed by atoms with van der Waals surface area (Å²) in [6.45, 7) is 2.25. The Hall–Kier alpha value is -0.506. The minimum Gasteiger partial charge on any atom is -0.342 e. The molecule has 0 aliphatic heterocycles. The molecular formula is C13H10ClFNOY-. The summed E-state index contributed by atoms with van der Waals surface area (Å²) in [5.41, 5.74) is 0.400. The van der Waals surface area contributed by atoms with E-state index >= 15 is 0 Å². The summed E-state index contributed by atoms with van der Waals surface area (Å²) in [7, 11) is 0. The van der Waals surface area contributed by atoms with Crippen LogP contribution in [0.2, 0.25) is 5.02 Å². The second-order valence-corrected chi connectivity index (χ2v) is 3.91. The van der Waals surface area contributed by atoms with Crippen molar-refractivity contribution in [2.45, 2.75) is 13.5 Å². The van der Waals surface area contributed by atoms with Crippen LogP contribution in [0.15, 0.2) is 35.1 Å². The van der Waals surface area contributed by atoms with Crippen molar-refractivity contribution in [1.29, 1.82) is 0 Å². The van der Waals surface area contributed by atoms with E-state index in [4.69, 9.17) is 11.6 Å². The molecule has 0 spiro atoms. The Bertz CT molecular complexity index is 592. The Balaban J connectivity index is 0.00000162. The van der Waals surface area contributed by atoms with Crippen LogP contribution in [0.25, 0.3) is 11.3 Å². The van der Waals surface area contributed by atoms with E-state index in [1.807, 2.05) is 6.92 Å². The summed E-state index contributed by atoms with van der Waals surface area (Å²) >= 11 is 5.97. The van der Waals surface area contributed by atoms with Gasteiger partial charge in [0.2, 0.25) is 0 Å². The van der Waals surface area contributed by atoms with Crippen molar-refractivity contribution in [2.75, 3.05) is 0 Å². The zero-order chi connectivity index (χ0) is 12.4. The van der Waals surface area contributed by atoms with E-state index in [0.29, 0.717) is 12.2 Å². The first-order chi connectivity index (χ1) is 8.15. The fourth-order valence-electron chi connectivity index (χ4n) is 1.72. The van der Waals surface area contributed by atoms with Gasteiger partial charge in [-0.1, -0.05) is 35.5 Å². The monoisotopic (exact) mass is 339 g/mol. The van der Waals surface area contributed by atoms with Crippen LogP contribution in [-0.4, -0.2) is 4.57 Å². The molecule has 5 heteroatoms. The zero-order valence-corrected chi connectivity index (χ0v) is 13.4. The van der Waals surface area contributed by atoms with E-state index in [9.17, 15) is 9.18 Å². The first-order valence-electron chi connectivity index (χ1n) is 5.21. The van der Waals surface area contributed by atoms with E-state index in [2.05, 4.69) is 6.07 Å². The van der Waals surface area contributed by atoms with Crippen LogP contribution in [0.5, 0.6) is 0 Å². The van der Waals surface area contributed by atoms with Gasteiger partial charge in [0.1, 0.15) is 0 Å². The van der Waals surface area contributed by atoms with Crippen molar-refractivity contribution in [3.8, 4) is 11.3 Å². The number of pyridine rings is 1. The molecule has 0 N–H and O–H groups in total. The maximum absolute atomic E-state index is 13.8. The second-order valence-electron chi connectivity index (χ2n) is 3.51. The van der Waals surface area contributed by atoms with Crippen molar-refractivity contribution in [1.82, 2.24) is 4.57 Å². The number of hydrogen-bond donors (Lipinski definition) is 0. The van der Waals surface area contributed by atoms with Gasteiger partial charge in [-0.05, 0) is 23.6 Å². The first-order valence-corrected chi connectivity index (χ1v) is 5.59. The van der Waals surface area contributed by atoms with Gasteiger partial charge in [0.05, 0.1) is 5.82 Å². The van der Waals surface area contributed by atoms with Gasteiger partial charge in [0.15, 0.2) is 5.56 Å². The Morgan fingerprint density at radius 2 is 2.11 bits per heavy atom. The predicted molar refractivity (Wildman–Crippen MR) is 65.6 cm³/mol. The van der Waals surface area contributed by atoms with Crippen molar-refractivity contribution >= 4 is 11.6 Å². The van der Waals surface area contributed by atoms with Crippen molar-refractivity contribution < 1.29 is 37.1 Å². The SMILES string of the molecule is CCn1c(-c2c(F)cccc2Cl)[c-]ccc1=O.[Y]. The molecule has 1 aromatic heterocycles. The van der Waals surface area contributed by atoms with Gasteiger partial charge in [-0.25, -0.2) is 4.39 Å². The first kappa shape index (κ1) is 15.6. The van der Waals surface area contributed by atoms with Gasteiger partial charge in [-0.15, -0.1) is 0 Å². The average molecular weight is 340 g/mol. The Morgan fingerprint density at radius 1 is 1.39 bits per heavy atom. The van der Waals surface area contributed by atoms with Gasteiger partial charge in [0.25, 0.3) is 0 Å². The molecule has 0 atom stereocenters. The van der Waals surface area contributed by atoms with Gasteiger partial charge in [0, 0.05) is 39.3 Å². The number of aromatic nitrogens is 1. The molecule has 1 heterocycles. The minimum atomic E-state index is -0.457. The molecule has 0 amide bonds. The Kier molecular flexibility index (Phi) is 5.70. The van der Waals surface area contributed by atoms with Crippen LogP contribution in [-0.2, 0) is 39.3 Å². The molecule has 1 radical (unpaired) electrons. The molecule has 2 rings (SSSR count). The fraction of sp³-hybridized carbons (Fsp3) is 0.154. The molecule has 0 saturated heterocycles. The summed E-state index contributed by atoms with van der Waals surface area (Å²) in [6, 6.07) is 10.2. The molecule has 18 heavy (non-hydrogen) atoms. The minimum absolute atomic E-state index is 0. The maximum Gasteiger partial charge on any atom is 0.194 e. The van der Waals surface area contributed by atoms with Crippen LogP contribution >= 0.6 is 11.6 Å². The van der Waals surface area contributed by atoms with Crippen LogP contribution in [0.3, 0.4) is 0 Å². The fourth-order valence-corrected chi connectivity index (χ4v) is 1.97. The van der Waals surface area contributed by atoms with Crippen molar-refractivity contribution in [2.24, 2.45) is 0 Å². The van der Waals surface area contributed by atoms with E-state index in [-0.39, 0.29) is 48.9 Å². The zero-order valence-electron chi connectivity index (χ0n) is 9.78. The number of benzene rings is 1. The number of hydrogen-bond acceptors (Lipinski definition) is 1. The van der Waals surface area contributed by atoms with E-state index < -0.39 is 5.82 Å². The molecule has 0 aliphatic rings. The van der Waals surface area contributed by atoms with Gasteiger partial charge >= 0.3 is 0 Å². The number of rotatable bonds is 2. The van der Waals surface area contributed by atoms with Gasteiger partial charge in [-0.3, -0.25) is 4.79 Å². The van der Waals surface area contributed by atoms with Gasteiger partial charge in [-0.2, -0.15) is 12.1 Å². The van der Waals surface area contributed by atoms with E-state index in [0.717, 1.165) is 0 Å². The van der Waals surface area contributed by atoms with Crippen LogP contribution in [0.4, 0.5) is 4.39 Å². The molecule has 0 aliphatic carbocycles. The summed E-state index contributed by atoms with van der Waals surface area (Å²) in [4.78, 5) is 11.6. The quantitative estimate of drug-likeness (QED) is 0.771. The third-order valence-corrected chi connectivity index (χ3v) is 2.81. The summed E-state index contributed by atoms with van der Waals surface area (Å²) in [6.07, 6.45) is 0. The predicted octanol–water partition coefficient (Wildman–Crippen LogP) is 3.13. The Morgan fingerprint density at radius 3 is 2.72 bits per heavy atom. The van der Waals surface area contributed by atoms with E-state index in [1.54, 1.807) is 6.07 Å². The summed E-state index contributed by atoms with van der Waals surface area (Å²) in [5, 5.41) is 0.272.